The van der Waals surface area contributed by atoms with Crippen molar-refractivity contribution in [3.05, 3.63) is 58.2 Å². The van der Waals surface area contributed by atoms with Crippen molar-refractivity contribution in [1.82, 2.24) is 4.98 Å². The Labute approximate surface area is 122 Å². The van der Waals surface area contributed by atoms with Gasteiger partial charge in [-0.15, -0.1) is 0 Å². The Morgan fingerprint density at radius 2 is 1.89 bits per heavy atom. The summed E-state index contributed by atoms with van der Waals surface area (Å²) in [5, 5.41) is 9.46. The molecule has 0 fully saturated rings. The highest BCUT2D eigenvalue weighted by molar-refractivity contribution is 9.10. The smallest absolute Gasteiger partial charge is 0.128 e. The molecule has 0 bridgehead atoms. The van der Waals surface area contributed by atoms with Crippen LogP contribution in [0.2, 0.25) is 0 Å². The van der Waals surface area contributed by atoms with Crippen molar-refractivity contribution in [2.75, 3.05) is 11.9 Å². The Kier molecular flexibility index (Phi) is 4.56. The van der Waals surface area contributed by atoms with Crippen LogP contribution in [-0.4, -0.2) is 17.1 Å². The number of aliphatic hydroxyl groups excluding tert-OH is 1. The standard InChI is InChI=1S/C15H17BrN2O/c1-11(19)13-5-8-15(17-9-13)18(2)10-12-3-6-14(16)7-4-12/h3-9,11,19H,10H2,1-2H3/t11-/m1/s1. The van der Waals surface area contributed by atoms with Crippen LogP contribution in [0.25, 0.3) is 0 Å². The number of aliphatic hydroxyl groups is 1. The summed E-state index contributed by atoms with van der Waals surface area (Å²) in [6.07, 6.45) is 1.25. The van der Waals surface area contributed by atoms with Gasteiger partial charge in [0.2, 0.25) is 0 Å². The SMILES string of the molecule is C[C@@H](O)c1ccc(N(C)Cc2ccc(Br)cc2)nc1. The van der Waals surface area contributed by atoms with E-state index in [0.29, 0.717) is 0 Å². The molecule has 1 aromatic carbocycles. The Bertz CT molecular complexity index is 523. The van der Waals surface area contributed by atoms with Gasteiger partial charge in [-0.2, -0.15) is 0 Å². The first-order valence-corrected chi connectivity index (χ1v) is 6.95. The van der Waals surface area contributed by atoms with E-state index in [4.69, 9.17) is 0 Å². The van der Waals surface area contributed by atoms with E-state index in [1.165, 1.54) is 5.56 Å². The van der Waals surface area contributed by atoms with E-state index >= 15 is 0 Å². The van der Waals surface area contributed by atoms with E-state index in [2.05, 4.69) is 37.9 Å². The number of anilines is 1. The summed E-state index contributed by atoms with van der Waals surface area (Å²) < 4.78 is 1.08. The molecule has 1 aromatic heterocycles. The Balaban J connectivity index is 2.07. The summed E-state index contributed by atoms with van der Waals surface area (Å²) >= 11 is 3.43. The van der Waals surface area contributed by atoms with Gasteiger partial charge in [0.05, 0.1) is 6.10 Å². The van der Waals surface area contributed by atoms with Gasteiger partial charge in [0.25, 0.3) is 0 Å². The molecule has 0 unspecified atom stereocenters. The number of rotatable bonds is 4. The number of hydrogen-bond acceptors (Lipinski definition) is 3. The molecule has 0 aliphatic carbocycles. The molecule has 100 valence electrons. The first kappa shape index (κ1) is 14.0. The van der Waals surface area contributed by atoms with Crippen LogP contribution in [0.15, 0.2) is 47.1 Å². The van der Waals surface area contributed by atoms with E-state index < -0.39 is 6.10 Å². The topological polar surface area (TPSA) is 36.4 Å². The number of pyridine rings is 1. The van der Waals surface area contributed by atoms with Crippen molar-refractivity contribution >= 4 is 21.7 Å². The third-order valence-electron chi connectivity index (χ3n) is 2.98. The van der Waals surface area contributed by atoms with Gasteiger partial charge in [0.15, 0.2) is 0 Å². The fourth-order valence-corrected chi connectivity index (χ4v) is 2.08. The number of benzene rings is 1. The van der Waals surface area contributed by atoms with Crippen molar-refractivity contribution in [3.63, 3.8) is 0 Å². The number of aromatic nitrogens is 1. The average molecular weight is 321 g/mol. The van der Waals surface area contributed by atoms with Crippen LogP contribution in [0.3, 0.4) is 0 Å². The predicted octanol–water partition coefficient (Wildman–Crippen LogP) is 3.53. The Morgan fingerprint density at radius 1 is 1.21 bits per heavy atom. The first-order valence-electron chi connectivity index (χ1n) is 6.16. The highest BCUT2D eigenvalue weighted by atomic mass is 79.9. The minimum atomic E-state index is -0.474. The molecule has 0 radical (unpaired) electrons. The van der Waals surface area contributed by atoms with Gasteiger partial charge in [-0.25, -0.2) is 4.98 Å². The lowest BCUT2D eigenvalue weighted by molar-refractivity contribution is 0.199. The molecule has 0 saturated carbocycles. The number of hydrogen-bond donors (Lipinski definition) is 1. The molecule has 0 aliphatic heterocycles. The second-order valence-corrected chi connectivity index (χ2v) is 5.52. The molecule has 3 nitrogen and oxygen atoms in total. The zero-order valence-electron chi connectivity index (χ0n) is 11.0. The van der Waals surface area contributed by atoms with Gasteiger partial charge >= 0.3 is 0 Å². The quantitative estimate of drug-likeness (QED) is 0.936. The van der Waals surface area contributed by atoms with Gasteiger partial charge in [0, 0.05) is 24.3 Å². The van der Waals surface area contributed by atoms with Crippen molar-refractivity contribution in [3.8, 4) is 0 Å². The van der Waals surface area contributed by atoms with Crippen LogP contribution in [0, 0.1) is 0 Å². The van der Waals surface area contributed by atoms with Gasteiger partial charge in [0.1, 0.15) is 5.82 Å². The summed E-state index contributed by atoms with van der Waals surface area (Å²) in [6, 6.07) is 12.1. The molecular weight excluding hydrogens is 304 g/mol. The lowest BCUT2D eigenvalue weighted by Gasteiger charge is -2.18. The second-order valence-electron chi connectivity index (χ2n) is 4.61. The third-order valence-corrected chi connectivity index (χ3v) is 3.51. The van der Waals surface area contributed by atoms with Crippen molar-refractivity contribution in [2.24, 2.45) is 0 Å². The lowest BCUT2D eigenvalue weighted by atomic mass is 10.2. The van der Waals surface area contributed by atoms with Crippen LogP contribution in [-0.2, 0) is 6.54 Å². The normalized spacial score (nSPS) is 12.2. The fraction of sp³-hybridized carbons (Fsp3) is 0.267. The number of halogens is 1. The van der Waals surface area contributed by atoms with E-state index in [1.54, 1.807) is 13.1 Å². The molecule has 1 atom stereocenters. The van der Waals surface area contributed by atoms with Crippen LogP contribution in [0.4, 0.5) is 5.82 Å². The molecule has 2 aromatic rings. The first-order chi connectivity index (χ1) is 9.06. The molecule has 0 amide bonds. The van der Waals surface area contributed by atoms with Gasteiger partial charge in [-0.05, 0) is 36.2 Å². The van der Waals surface area contributed by atoms with Crippen molar-refractivity contribution in [2.45, 2.75) is 19.6 Å². The maximum absolute atomic E-state index is 9.46. The van der Waals surface area contributed by atoms with Crippen LogP contribution >= 0.6 is 15.9 Å². The molecule has 2 rings (SSSR count). The maximum Gasteiger partial charge on any atom is 0.128 e. The molecule has 19 heavy (non-hydrogen) atoms. The van der Waals surface area contributed by atoms with E-state index in [0.717, 1.165) is 22.4 Å². The third kappa shape index (κ3) is 3.78. The Hall–Kier alpha value is -1.39. The molecule has 0 aliphatic rings. The summed E-state index contributed by atoms with van der Waals surface area (Å²) in [4.78, 5) is 6.45. The van der Waals surface area contributed by atoms with Crippen LogP contribution in [0.1, 0.15) is 24.2 Å². The number of nitrogens with zero attached hydrogens (tertiary/aromatic N) is 2. The summed E-state index contributed by atoms with van der Waals surface area (Å²) in [7, 11) is 2.01. The second kappa shape index (κ2) is 6.17. The fourth-order valence-electron chi connectivity index (χ4n) is 1.82. The highest BCUT2D eigenvalue weighted by Gasteiger charge is 2.05. The molecule has 0 spiro atoms. The van der Waals surface area contributed by atoms with Crippen molar-refractivity contribution in [1.29, 1.82) is 0 Å². The Morgan fingerprint density at radius 3 is 2.42 bits per heavy atom. The van der Waals surface area contributed by atoms with Crippen molar-refractivity contribution < 1.29 is 5.11 Å². The monoisotopic (exact) mass is 320 g/mol. The van der Waals surface area contributed by atoms with E-state index in [1.807, 2.05) is 31.3 Å². The zero-order valence-corrected chi connectivity index (χ0v) is 12.6. The summed E-state index contributed by atoms with van der Waals surface area (Å²) in [5.74, 6) is 0.896. The zero-order chi connectivity index (χ0) is 13.8. The maximum atomic E-state index is 9.46. The molecule has 4 heteroatoms. The van der Waals surface area contributed by atoms with E-state index in [-0.39, 0.29) is 0 Å². The summed E-state index contributed by atoms with van der Waals surface area (Å²) in [5.41, 5.74) is 2.06. The molecule has 0 saturated heterocycles. The lowest BCUT2D eigenvalue weighted by Crippen LogP contribution is -2.17. The molecule has 1 N–H and O–H groups in total. The minimum absolute atomic E-state index is 0.474. The minimum Gasteiger partial charge on any atom is -0.389 e. The molecule has 1 heterocycles. The predicted molar refractivity (Wildman–Crippen MR) is 81.1 cm³/mol. The largest absolute Gasteiger partial charge is 0.389 e. The van der Waals surface area contributed by atoms with Crippen LogP contribution < -0.4 is 4.90 Å². The van der Waals surface area contributed by atoms with Gasteiger partial charge in [-0.3, -0.25) is 0 Å². The summed E-state index contributed by atoms with van der Waals surface area (Å²) in [6.45, 7) is 2.54. The van der Waals surface area contributed by atoms with Gasteiger partial charge in [-0.1, -0.05) is 34.1 Å². The molecular formula is C15H17BrN2O. The highest BCUT2D eigenvalue weighted by Crippen LogP contribution is 2.17. The van der Waals surface area contributed by atoms with Gasteiger partial charge < -0.3 is 10.0 Å². The van der Waals surface area contributed by atoms with Crippen LogP contribution in [0.5, 0.6) is 0 Å². The van der Waals surface area contributed by atoms with E-state index in [9.17, 15) is 5.11 Å². The average Bonchev–Trinajstić information content (AvgIpc) is 2.41.